The van der Waals surface area contributed by atoms with E-state index in [0.29, 0.717) is 22.4 Å². The first kappa shape index (κ1) is 19.1. The highest BCUT2D eigenvalue weighted by molar-refractivity contribution is 7.98. The molecule has 0 N–H and O–H groups in total. The van der Waals surface area contributed by atoms with Crippen LogP contribution in [0.1, 0.15) is 35.8 Å². The van der Waals surface area contributed by atoms with Gasteiger partial charge in [-0.1, -0.05) is 23.9 Å². The largest absolute Gasteiger partial charge is 0.465 e. The van der Waals surface area contributed by atoms with Gasteiger partial charge in [0.2, 0.25) is 11.1 Å². The molecule has 8 nitrogen and oxygen atoms in total. The standard InChI is InChI=1S/C18H20N4O4S/c1-5-26-16(24)13-10(2)19-17-20-18(27-4)21-22(17)14(13)11-6-8-12(9-7-11)15(23)25-3/h6-9,13-14H,5H2,1-4H3. The van der Waals surface area contributed by atoms with Gasteiger partial charge in [0.15, 0.2) is 0 Å². The van der Waals surface area contributed by atoms with Gasteiger partial charge in [0.1, 0.15) is 5.92 Å². The van der Waals surface area contributed by atoms with Gasteiger partial charge in [-0.15, -0.1) is 5.10 Å². The number of ether oxygens (including phenoxy) is 2. The highest BCUT2D eigenvalue weighted by Crippen LogP contribution is 2.37. The molecule has 9 heteroatoms. The Hall–Kier alpha value is -2.68. The van der Waals surface area contributed by atoms with Crippen molar-refractivity contribution in [2.75, 3.05) is 20.0 Å². The van der Waals surface area contributed by atoms with Crippen molar-refractivity contribution < 1.29 is 19.1 Å². The summed E-state index contributed by atoms with van der Waals surface area (Å²) in [5.41, 5.74) is 1.84. The Labute approximate surface area is 161 Å². The summed E-state index contributed by atoms with van der Waals surface area (Å²) in [6.07, 6.45) is 1.88. The van der Waals surface area contributed by atoms with Crippen molar-refractivity contribution in [1.82, 2.24) is 14.8 Å². The number of benzene rings is 1. The second-order valence-corrected chi connectivity index (χ2v) is 6.66. The number of rotatable bonds is 5. The summed E-state index contributed by atoms with van der Waals surface area (Å²) in [5, 5.41) is 5.06. The molecule has 2 heterocycles. The molecule has 1 aromatic carbocycles. The van der Waals surface area contributed by atoms with Crippen LogP contribution in [0, 0.1) is 5.92 Å². The van der Waals surface area contributed by atoms with Crippen molar-refractivity contribution in [3.8, 4) is 0 Å². The van der Waals surface area contributed by atoms with E-state index < -0.39 is 17.9 Å². The molecule has 3 rings (SSSR count). The molecule has 0 amide bonds. The van der Waals surface area contributed by atoms with Gasteiger partial charge in [-0.25, -0.2) is 14.5 Å². The van der Waals surface area contributed by atoms with E-state index in [0.717, 1.165) is 5.56 Å². The van der Waals surface area contributed by atoms with Gasteiger partial charge in [-0.3, -0.25) is 4.79 Å². The highest BCUT2D eigenvalue weighted by atomic mass is 32.2. The van der Waals surface area contributed by atoms with Crippen molar-refractivity contribution in [2.24, 2.45) is 10.9 Å². The molecule has 27 heavy (non-hydrogen) atoms. The van der Waals surface area contributed by atoms with Crippen LogP contribution in [0.4, 0.5) is 5.95 Å². The molecule has 0 spiro atoms. The number of carbonyl (C=O) groups is 2. The van der Waals surface area contributed by atoms with Crippen LogP contribution in [0.15, 0.2) is 34.4 Å². The zero-order chi connectivity index (χ0) is 19.6. The Kier molecular flexibility index (Phi) is 5.59. The first-order valence-corrected chi connectivity index (χ1v) is 9.63. The molecule has 0 fully saturated rings. The van der Waals surface area contributed by atoms with Gasteiger partial charge < -0.3 is 9.47 Å². The van der Waals surface area contributed by atoms with Gasteiger partial charge >= 0.3 is 11.9 Å². The number of fused-ring (bicyclic) bond motifs is 1. The maximum Gasteiger partial charge on any atom is 0.337 e. The summed E-state index contributed by atoms with van der Waals surface area (Å²) in [6.45, 7) is 3.82. The third-order valence-corrected chi connectivity index (χ3v) is 4.83. The summed E-state index contributed by atoms with van der Waals surface area (Å²) < 4.78 is 11.7. The van der Waals surface area contributed by atoms with Crippen LogP contribution in [0.25, 0.3) is 0 Å². The zero-order valence-electron chi connectivity index (χ0n) is 15.5. The minimum absolute atomic E-state index is 0.275. The summed E-state index contributed by atoms with van der Waals surface area (Å²) in [6, 6.07) is 6.43. The van der Waals surface area contributed by atoms with Gasteiger partial charge in [0.25, 0.3) is 0 Å². The molecule has 0 bridgehead atoms. The summed E-state index contributed by atoms with van der Waals surface area (Å²) >= 11 is 1.40. The first-order valence-electron chi connectivity index (χ1n) is 8.40. The Morgan fingerprint density at radius 3 is 2.56 bits per heavy atom. The lowest BCUT2D eigenvalue weighted by atomic mass is 9.88. The predicted molar refractivity (Wildman–Crippen MR) is 101 cm³/mol. The molecule has 2 aromatic rings. The van der Waals surface area contributed by atoms with Crippen LogP contribution < -0.4 is 0 Å². The summed E-state index contributed by atoms with van der Waals surface area (Å²) in [4.78, 5) is 33.2. The maximum atomic E-state index is 12.7. The van der Waals surface area contributed by atoms with Crippen molar-refractivity contribution in [3.05, 3.63) is 35.4 Å². The summed E-state index contributed by atoms with van der Waals surface area (Å²) in [7, 11) is 1.33. The highest BCUT2D eigenvalue weighted by Gasteiger charge is 2.40. The monoisotopic (exact) mass is 388 g/mol. The lowest BCUT2D eigenvalue weighted by Gasteiger charge is -2.29. The maximum absolute atomic E-state index is 12.7. The van der Waals surface area contributed by atoms with Crippen molar-refractivity contribution in [1.29, 1.82) is 0 Å². The van der Waals surface area contributed by atoms with E-state index in [1.165, 1.54) is 18.9 Å². The molecule has 0 saturated heterocycles. The number of aromatic nitrogens is 3. The van der Waals surface area contributed by atoms with E-state index in [1.807, 2.05) is 6.26 Å². The number of aliphatic imine (C=N–C) groups is 1. The molecule has 1 aliphatic rings. The normalized spacial score (nSPS) is 18.4. The van der Waals surface area contributed by atoms with E-state index in [4.69, 9.17) is 9.47 Å². The fraction of sp³-hybridized carbons (Fsp3) is 0.389. The minimum atomic E-state index is -0.627. The number of hydrogen-bond donors (Lipinski definition) is 0. The van der Waals surface area contributed by atoms with Crippen molar-refractivity contribution >= 4 is 35.4 Å². The Morgan fingerprint density at radius 1 is 1.26 bits per heavy atom. The van der Waals surface area contributed by atoms with Crippen molar-refractivity contribution in [3.63, 3.8) is 0 Å². The number of esters is 2. The minimum Gasteiger partial charge on any atom is -0.465 e. The molecule has 142 valence electrons. The summed E-state index contributed by atoms with van der Waals surface area (Å²) in [5.74, 6) is -0.971. The van der Waals surface area contributed by atoms with E-state index in [1.54, 1.807) is 42.8 Å². The zero-order valence-corrected chi connectivity index (χ0v) is 16.3. The molecule has 0 aliphatic carbocycles. The van der Waals surface area contributed by atoms with Crippen molar-refractivity contribution in [2.45, 2.75) is 25.0 Å². The molecule has 0 saturated carbocycles. The molecule has 1 aromatic heterocycles. The van der Waals surface area contributed by atoms with E-state index in [9.17, 15) is 9.59 Å². The number of hydrogen-bond acceptors (Lipinski definition) is 8. The molecule has 0 radical (unpaired) electrons. The van der Waals surface area contributed by atoms with Crippen LogP contribution in [0.3, 0.4) is 0 Å². The number of carbonyl (C=O) groups excluding carboxylic acids is 2. The molecule has 1 aliphatic heterocycles. The fourth-order valence-electron chi connectivity index (χ4n) is 3.04. The average molecular weight is 388 g/mol. The molecular weight excluding hydrogens is 368 g/mol. The Balaban J connectivity index is 2.09. The second kappa shape index (κ2) is 7.91. The quantitative estimate of drug-likeness (QED) is 0.574. The second-order valence-electron chi connectivity index (χ2n) is 5.88. The third-order valence-electron chi connectivity index (χ3n) is 4.30. The van der Waals surface area contributed by atoms with Crippen LogP contribution in [-0.2, 0) is 14.3 Å². The predicted octanol–water partition coefficient (Wildman–Crippen LogP) is 2.66. The Morgan fingerprint density at radius 2 is 1.96 bits per heavy atom. The third kappa shape index (κ3) is 3.59. The van der Waals surface area contributed by atoms with Crippen LogP contribution in [0.5, 0.6) is 0 Å². The lowest BCUT2D eigenvalue weighted by Crippen LogP contribution is -2.37. The van der Waals surface area contributed by atoms with Crippen LogP contribution >= 0.6 is 11.8 Å². The van der Waals surface area contributed by atoms with Gasteiger partial charge in [-0.2, -0.15) is 4.98 Å². The van der Waals surface area contributed by atoms with E-state index in [2.05, 4.69) is 15.1 Å². The molecular formula is C18H20N4O4S. The first-order chi connectivity index (χ1) is 13.0. The average Bonchev–Trinajstić information content (AvgIpc) is 3.09. The fourth-order valence-corrected chi connectivity index (χ4v) is 3.38. The van der Waals surface area contributed by atoms with Gasteiger partial charge in [-0.05, 0) is 37.8 Å². The van der Waals surface area contributed by atoms with Crippen LogP contribution in [0.2, 0.25) is 0 Å². The van der Waals surface area contributed by atoms with E-state index >= 15 is 0 Å². The van der Waals surface area contributed by atoms with Gasteiger partial charge in [0, 0.05) is 5.71 Å². The van der Waals surface area contributed by atoms with Gasteiger partial charge in [0.05, 0.1) is 25.3 Å². The number of methoxy groups -OCH3 is 1. The topological polar surface area (TPSA) is 95.7 Å². The smallest absolute Gasteiger partial charge is 0.337 e. The lowest BCUT2D eigenvalue weighted by molar-refractivity contribution is -0.146. The SMILES string of the molecule is CCOC(=O)C1C(C)=Nc2nc(SC)nn2C1c1ccc(C(=O)OC)cc1. The number of nitrogens with zero attached hydrogens (tertiary/aromatic N) is 4. The molecule has 2 unspecified atom stereocenters. The Bertz CT molecular complexity index is 891. The van der Waals surface area contributed by atoms with E-state index in [-0.39, 0.29) is 12.6 Å². The molecule has 2 atom stereocenters. The van der Waals surface area contributed by atoms with Crippen LogP contribution in [-0.4, -0.2) is 52.4 Å². The number of thioether (sulfide) groups is 1.